The van der Waals surface area contributed by atoms with Gasteiger partial charge in [-0.25, -0.2) is 0 Å². The summed E-state index contributed by atoms with van der Waals surface area (Å²) >= 11 is 6.09. The van der Waals surface area contributed by atoms with Crippen LogP contribution in [0.5, 0.6) is 5.75 Å². The van der Waals surface area contributed by atoms with Gasteiger partial charge in [0.15, 0.2) is 0 Å². The molecule has 1 N–H and O–H groups in total. The molecule has 1 aliphatic heterocycles. The second-order valence-electron chi connectivity index (χ2n) is 6.90. The molecule has 2 aromatic carbocycles. The number of hydrogen-bond acceptors (Lipinski definition) is 4. The van der Waals surface area contributed by atoms with E-state index in [2.05, 4.69) is 24.1 Å². The highest BCUT2D eigenvalue weighted by molar-refractivity contribution is 6.32. The van der Waals surface area contributed by atoms with Gasteiger partial charge in [0.25, 0.3) is 0 Å². The summed E-state index contributed by atoms with van der Waals surface area (Å²) in [4.78, 5) is 13.6. The zero-order chi connectivity index (χ0) is 17.7. The zero-order valence-electron chi connectivity index (χ0n) is 13.9. The van der Waals surface area contributed by atoms with E-state index in [1.165, 1.54) is 5.56 Å². The van der Waals surface area contributed by atoms with Gasteiger partial charge in [0.05, 0.1) is 9.95 Å². The Hall–Kier alpha value is -2.11. The molecule has 1 heterocycles. The molecule has 6 heteroatoms. The predicted octanol–water partition coefficient (Wildman–Crippen LogP) is 3.89. The van der Waals surface area contributed by atoms with Crippen molar-refractivity contribution in [2.45, 2.75) is 31.2 Å². The highest BCUT2D eigenvalue weighted by Crippen LogP contribution is 2.49. The molecule has 25 heavy (non-hydrogen) atoms. The van der Waals surface area contributed by atoms with Gasteiger partial charge >= 0.3 is 5.69 Å². The number of benzene rings is 2. The van der Waals surface area contributed by atoms with E-state index in [1.807, 2.05) is 12.1 Å². The zero-order valence-corrected chi connectivity index (χ0v) is 14.7. The van der Waals surface area contributed by atoms with Gasteiger partial charge in [0.2, 0.25) is 5.75 Å². The van der Waals surface area contributed by atoms with E-state index in [4.69, 9.17) is 11.6 Å². The number of nitro groups is 1. The lowest BCUT2D eigenvalue weighted by molar-refractivity contribution is -0.386. The van der Waals surface area contributed by atoms with E-state index in [0.717, 1.165) is 30.5 Å². The third kappa shape index (κ3) is 2.50. The fourth-order valence-electron chi connectivity index (χ4n) is 4.46. The molecule has 0 saturated heterocycles. The van der Waals surface area contributed by atoms with Gasteiger partial charge in [-0.1, -0.05) is 35.9 Å². The maximum Gasteiger partial charge on any atom is 0.316 e. The number of aryl methyl sites for hydroxylation is 1. The minimum atomic E-state index is -0.486. The number of likely N-dealkylation sites (N-methyl/N-ethyl adjacent to an activating group) is 1. The lowest BCUT2D eigenvalue weighted by Gasteiger charge is -2.38. The number of halogens is 1. The molecule has 2 aromatic rings. The normalized spacial score (nSPS) is 22.5. The molecular weight excluding hydrogens is 340 g/mol. The van der Waals surface area contributed by atoms with Gasteiger partial charge < -0.3 is 10.0 Å². The third-order valence-corrected chi connectivity index (χ3v) is 5.92. The van der Waals surface area contributed by atoms with Crippen LogP contribution in [0.3, 0.4) is 0 Å². The van der Waals surface area contributed by atoms with Crippen molar-refractivity contribution in [1.82, 2.24) is 4.90 Å². The van der Waals surface area contributed by atoms with E-state index in [-0.39, 0.29) is 22.7 Å². The van der Waals surface area contributed by atoms with Crippen molar-refractivity contribution < 1.29 is 10.0 Å². The van der Waals surface area contributed by atoms with E-state index >= 15 is 0 Å². The Balaban J connectivity index is 2.05. The first-order valence-corrected chi connectivity index (χ1v) is 8.83. The molecule has 0 saturated carbocycles. The lowest BCUT2D eigenvalue weighted by Crippen LogP contribution is -2.39. The molecular formula is C19H19ClN2O3. The van der Waals surface area contributed by atoms with Crippen LogP contribution >= 0.6 is 11.6 Å². The Morgan fingerprint density at radius 3 is 2.80 bits per heavy atom. The second kappa shape index (κ2) is 6.00. The summed E-state index contributed by atoms with van der Waals surface area (Å²) in [5, 5.41) is 22.2. The lowest BCUT2D eigenvalue weighted by atomic mass is 9.74. The van der Waals surface area contributed by atoms with Gasteiger partial charge in [0, 0.05) is 24.1 Å². The summed E-state index contributed by atoms with van der Waals surface area (Å²) in [7, 11) is 2.07. The first-order valence-electron chi connectivity index (χ1n) is 8.45. The number of phenols is 1. The Morgan fingerprint density at radius 1 is 1.28 bits per heavy atom. The average Bonchev–Trinajstić information content (AvgIpc) is 2.73. The highest BCUT2D eigenvalue weighted by atomic mass is 35.5. The molecule has 0 aromatic heterocycles. The van der Waals surface area contributed by atoms with Crippen LogP contribution in [-0.4, -0.2) is 34.6 Å². The molecule has 2 atom stereocenters. The molecule has 0 fully saturated rings. The smallest absolute Gasteiger partial charge is 0.316 e. The maximum absolute atomic E-state index is 11.8. The monoisotopic (exact) mass is 358 g/mol. The topological polar surface area (TPSA) is 66.6 Å². The first kappa shape index (κ1) is 16.4. The van der Waals surface area contributed by atoms with Crippen molar-refractivity contribution in [3.63, 3.8) is 0 Å². The van der Waals surface area contributed by atoms with E-state index in [0.29, 0.717) is 12.0 Å². The van der Waals surface area contributed by atoms with Gasteiger partial charge in [-0.3, -0.25) is 10.1 Å². The highest BCUT2D eigenvalue weighted by Gasteiger charge is 2.41. The van der Waals surface area contributed by atoms with Gasteiger partial charge in [-0.2, -0.15) is 0 Å². The standard InChI is InChI=1S/C19H19ClN2O3/c1-21-9-8-12-10-14(20)19(23)18(22(24)25)16(12)17-13-5-3-2-4-11(13)6-7-15(17)21/h2-5,10,15,17,23H,6-9H2,1H3/t15-,17-/m0/s1. The summed E-state index contributed by atoms with van der Waals surface area (Å²) in [6.07, 6.45) is 2.59. The van der Waals surface area contributed by atoms with Crippen LogP contribution < -0.4 is 0 Å². The third-order valence-electron chi connectivity index (χ3n) is 5.63. The minimum absolute atomic E-state index is 0.0515. The predicted molar refractivity (Wildman–Crippen MR) is 96.5 cm³/mol. The minimum Gasteiger partial charge on any atom is -0.501 e. The largest absolute Gasteiger partial charge is 0.501 e. The summed E-state index contributed by atoms with van der Waals surface area (Å²) < 4.78 is 0. The summed E-state index contributed by atoms with van der Waals surface area (Å²) in [6.45, 7) is 0.814. The number of phenolic OH excluding ortho intramolecular Hbond substituents is 1. The molecule has 0 spiro atoms. The van der Waals surface area contributed by atoms with Crippen molar-refractivity contribution in [3.8, 4) is 5.75 Å². The van der Waals surface area contributed by atoms with Crippen LogP contribution in [0.1, 0.15) is 34.6 Å². The van der Waals surface area contributed by atoms with Crippen LogP contribution in [0, 0.1) is 10.1 Å². The summed E-state index contributed by atoms with van der Waals surface area (Å²) in [5.41, 5.74) is 3.62. The number of nitro benzene ring substituents is 1. The fraction of sp³-hybridized carbons (Fsp3) is 0.368. The van der Waals surface area contributed by atoms with Crippen LogP contribution in [0.15, 0.2) is 30.3 Å². The molecule has 2 aliphatic rings. The van der Waals surface area contributed by atoms with E-state index in [9.17, 15) is 15.2 Å². The Kier molecular flexibility index (Phi) is 3.93. The average molecular weight is 359 g/mol. The van der Waals surface area contributed by atoms with Crippen LogP contribution in [0.25, 0.3) is 0 Å². The van der Waals surface area contributed by atoms with Crippen molar-refractivity contribution in [1.29, 1.82) is 0 Å². The molecule has 1 aliphatic carbocycles. The van der Waals surface area contributed by atoms with E-state index < -0.39 is 10.7 Å². The maximum atomic E-state index is 11.8. The Bertz CT molecular complexity index is 868. The number of fused-ring (bicyclic) bond motifs is 5. The molecule has 0 amide bonds. The summed E-state index contributed by atoms with van der Waals surface area (Å²) in [5.74, 6) is -0.548. The number of hydrogen-bond donors (Lipinski definition) is 1. The Labute approximate surface area is 151 Å². The first-order chi connectivity index (χ1) is 12.0. The van der Waals surface area contributed by atoms with Crippen LogP contribution in [0.4, 0.5) is 5.69 Å². The SMILES string of the molecule is CN1CCc2cc(Cl)c(O)c([N+](=O)[O-])c2[C@H]2c3ccccc3CC[C@@H]21. The second-order valence-corrected chi connectivity index (χ2v) is 7.31. The Morgan fingerprint density at radius 2 is 2.04 bits per heavy atom. The summed E-state index contributed by atoms with van der Waals surface area (Å²) in [6, 6.07) is 10.0. The molecule has 0 unspecified atom stereocenters. The molecule has 130 valence electrons. The molecule has 0 bridgehead atoms. The van der Waals surface area contributed by atoms with Gasteiger partial charge in [-0.05, 0) is 49.1 Å². The van der Waals surface area contributed by atoms with Crippen molar-refractivity contribution in [2.24, 2.45) is 0 Å². The fourth-order valence-corrected chi connectivity index (χ4v) is 4.68. The van der Waals surface area contributed by atoms with Crippen LogP contribution in [-0.2, 0) is 12.8 Å². The van der Waals surface area contributed by atoms with Gasteiger partial charge in [0.1, 0.15) is 0 Å². The number of rotatable bonds is 1. The van der Waals surface area contributed by atoms with Crippen molar-refractivity contribution in [2.75, 3.05) is 13.6 Å². The number of aromatic hydroxyl groups is 1. The van der Waals surface area contributed by atoms with Crippen LogP contribution in [0.2, 0.25) is 5.02 Å². The molecule has 0 radical (unpaired) electrons. The van der Waals surface area contributed by atoms with Crippen molar-refractivity contribution >= 4 is 17.3 Å². The molecule has 4 rings (SSSR count). The quantitative estimate of drug-likeness (QED) is 0.620. The van der Waals surface area contributed by atoms with E-state index in [1.54, 1.807) is 6.07 Å². The van der Waals surface area contributed by atoms with Gasteiger partial charge in [-0.15, -0.1) is 0 Å². The molecule has 5 nitrogen and oxygen atoms in total. The number of nitrogens with zero attached hydrogens (tertiary/aromatic N) is 2. The van der Waals surface area contributed by atoms with Crippen molar-refractivity contribution in [3.05, 3.63) is 67.7 Å².